The zero-order chi connectivity index (χ0) is 8.44. The molecule has 0 radical (unpaired) electrons. The smallest absolute Gasteiger partial charge is 0.0226 e. The summed E-state index contributed by atoms with van der Waals surface area (Å²) in [5, 5.41) is 0. The van der Waals surface area contributed by atoms with Crippen LogP contribution in [-0.2, 0) is 5.41 Å². The third-order valence-electron chi connectivity index (χ3n) is 3.12. The van der Waals surface area contributed by atoms with Gasteiger partial charge in [-0.1, -0.05) is 12.8 Å². The second-order valence-electron chi connectivity index (χ2n) is 3.78. The normalized spacial score (nSPS) is 21.4. The van der Waals surface area contributed by atoms with Crippen LogP contribution in [0.3, 0.4) is 0 Å². The van der Waals surface area contributed by atoms with Gasteiger partial charge < -0.3 is 10.7 Å². The molecule has 2 rings (SSSR count). The van der Waals surface area contributed by atoms with Crippen molar-refractivity contribution in [1.29, 1.82) is 0 Å². The fourth-order valence-corrected chi connectivity index (χ4v) is 2.30. The Morgan fingerprint density at radius 3 is 2.67 bits per heavy atom. The number of nitrogens with one attached hydrogen (secondary N) is 1. The first-order valence-corrected chi connectivity index (χ1v) is 4.71. The van der Waals surface area contributed by atoms with E-state index in [1.807, 2.05) is 6.20 Å². The number of hydrogen-bond donors (Lipinski definition) is 2. The summed E-state index contributed by atoms with van der Waals surface area (Å²) in [5.41, 5.74) is 7.46. The lowest BCUT2D eigenvalue weighted by atomic mass is 9.83. The molecule has 2 heteroatoms. The van der Waals surface area contributed by atoms with Gasteiger partial charge in [0, 0.05) is 23.9 Å². The zero-order valence-corrected chi connectivity index (χ0v) is 7.34. The monoisotopic (exact) mass is 164 g/mol. The Kier molecular flexibility index (Phi) is 1.93. The van der Waals surface area contributed by atoms with Crippen LogP contribution in [0.25, 0.3) is 0 Å². The van der Waals surface area contributed by atoms with Gasteiger partial charge in [-0.2, -0.15) is 0 Å². The van der Waals surface area contributed by atoms with E-state index in [1.165, 1.54) is 31.4 Å². The highest BCUT2D eigenvalue weighted by molar-refractivity contribution is 5.19. The van der Waals surface area contributed by atoms with Crippen molar-refractivity contribution >= 4 is 0 Å². The van der Waals surface area contributed by atoms with E-state index in [0.29, 0.717) is 0 Å². The van der Waals surface area contributed by atoms with E-state index in [2.05, 4.69) is 17.1 Å². The van der Waals surface area contributed by atoms with Crippen LogP contribution in [0, 0.1) is 0 Å². The molecule has 66 valence electrons. The van der Waals surface area contributed by atoms with Gasteiger partial charge in [-0.25, -0.2) is 0 Å². The molecule has 0 unspecified atom stereocenters. The molecule has 0 bridgehead atoms. The Bertz CT molecular complexity index is 232. The van der Waals surface area contributed by atoms with Gasteiger partial charge in [0.2, 0.25) is 0 Å². The number of nitrogens with two attached hydrogens (primary N) is 1. The summed E-state index contributed by atoms with van der Waals surface area (Å²) in [6.07, 6.45) is 7.16. The Morgan fingerprint density at radius 2 is 2.17 bits per heavy atom. The van der Waals surface area contributed by atoms with Gasteiger partial charge in [0.05, 0.1) is 0 Å². The van der Waals surface area contributed by atoms with Crippen LogP contribution in [0.2, 0.25) is 0 Å². The molecule has 1 fully saturated rings. The molecule has 1 heterocycles. The summed E-state index contributed by atoms with van der Waals surface area (Å²) in [6.45, 7) is 0.785. The standard InChI is InChI=1S/C10H16N2/c11-8-10(5-1-2-6-10)9-4-3-7-12-9/h3-4,7,12H,1-2,5-6,8,11H2. The van der Waals surface area contributed by atoms with Crippen LogP contribution < -0.4 is 5.73 Å². The summed E-state index contributed by atoms with van der Waals surface area (Å²) in [5.74, 6) is 0. The Hall–Kier alpha value is -0.760. The van der Waals surface area contributed by atoms with Crippen molar-refractivity contribution in [3.05, 3.63) is 24.0 Å². The number of aromatic nitrogens is 1. The second-order valence-corrected chi connectivity index (χ2v) is 3.78. The van der Waals surface area contributed by atoms with Crippen molar-refractivity contribution in [3.8, 4) is 0 Å². The number of hydrogen-bond acceptors (Lipinski definition) is 1. The third-order valence-corrected chi connectivity index (χ3v) is 3.12. The van der Waals surface area contributed by atoms with Gasteiger partial charge in [-0.05, 0) is 25.0 Å². The average molecular weight is 164 g/mol. The first kappa shape index (κ1) is 7.87. The van der Waals surface area contributed by atoms with E-state index in [4.69, 9.17) is 5.73 Å². The molecule has 1 aromatic heterocycles. The van der Waals surface area contributed by atoms with E-state index in [-0.39, 0.29) is 5.41 Å². The zero-order valence-electron chi connectivity index (χ0n) is 7.34. The van der Waals surface area contributed by atoms with Crippen molar-refractivity contribution < 1.29 is 0 Å². The molecule has 12 heavy (non-hydrogen) atoms. The molecule has 1 aliphatic carbocycles. The van der Waals surface area contributed by atoms with Crippen molar-refractivity contribution in [2.24, 2.45) is 5.73 Å². The maximum atomic E-state index is 5.84. The largest absolute Gasteiger partial charge is 0.364 e. The first-order valence-electron chi connectivity index (χ1n) is 4.71. The highest BCUT2D eigenvalue weighted by atomic mass is 14.7. The van der Waals surface area contributed by atoms with Gasteiger partial charge in [0.25, 0.3) is 0 Å². The van der Waals surface area contributed by atoms with Crippen molar-refractivity contribution in [2.75, 3.05) is 6.54 Å². The van der Waals surface area contributed by atoms with Crippen molar-refractivity contribution in [1.82, 2.24) is 4.98 Å². The maximum Gasteiger partial charge on any atom is 0.0226 e. The second kappa shape index (κ2) is 2.94. The maximum absolute atomic E-state index is 5.84. The summed E-state index contributed by atoms with van der Waals surface area (Å²) in [6, 6.07) is 4.23. The quantitative estimate of drug-likeness (QED) is 0.687. The van der Waals surface area contributed by atoms with E-state index in [1.54, 1.807) is 0 Å². The molecular formula is C10H16N2. The lowest BCUT2D eigenvalue weighted by Gasteiger charge is -2.25. The summed E-state index contributed by atoms with van der Waals surface area (Å²) in [7, 11) is 0. The lowest BCUT2D eigenvalue weighted by Crippen LogP contribution is -2.32. The molecule has 1 saturated carbocycles. The Labute approximate surface area is 73.2 Å². The van der Waals surface area contributed by atoms with E-state index < -0.39 is 0 Å². The van der Waals surface area contributed by atoms with Crippen LogP contribution in [0.1, 0.15) is 31.4 Å². The number of aromatic amines is 1. The molecule has 0 aromatic carbocycles. The van der Waals surface area contributed by atoms with Crippen LogP contribution in [-0.4, -0.2) is 11.5 Å². The van der Waals surface area contributed by atoms with Gasteiger partial charge in [0.15, 0.2) is 0 Å². The summed E-state index contributed by atoms with van der Waals surface area (Å²) < 4.78 is 0. The molecule has 2 nitrogen and oxygen atoms in total. The molecule has 1 aromatic rings. The first-order chi connectivity index (χ1) is 5.87. The predicted molar refractivity (Wildman–Crippen MR) is 50.0 cm³/mol. The number of H-pyrrole nitrogens is 1. The van der Waals surface area contributed by atoms with E-state index in [9.17, 15) is 0 Å². The minimum atomic E-state index is 0.281. The predicted octanol–water partition coefficient (Wildman–Crippen LogP) is 1.79. The summed E-state index contributed by atoms with van der Waals surface area (Å²) >= 11 is 0. The van der Waals surface area contributed by atoms with Crippen molar-refractivity contribution in [2.45, 2.75) is 31.1 Å². The minimum absolute atomic E-state index is 0.281. The van der Waals surface area contributed by atoms with Crippen LogP contribution in [0.15, 0.2) is 18.3 Å². The molecule has 0 atom stereocenters. The molecule has 1 aliphatic rings. The topological polar surface area (TPSA) is 41.8 Å². The molecule has 0 aliphatic heterocycles. The van der Waals surface area contributed by atoms with Gasteiger partial charge in [-0.15, -0.1) is 0 Å². The molecule has 0 spiro atoms. The molecule has 0 saturated heterocycles. The minimum Gasteiger partial charge on any atom is -0.364 e. The Balaban J connectivity index is 2.28. The SMILES string of the molecule is NCC1(c2ccc[nH]2)CCCC1. The molecule has 3 N–H and O–H groups in total. The van der Waals surface area contributed by atoms with E-state index >= 15 is 0 Å². The average Bonchev–Trinajstić information content (AvgIpc) is 2.76. The highest BCUT2D eigenvalue weighted by Crippen LogP contribution is 2.39. The number of rotatable bonds is 2. The van der Waals surface area contributed by atoms with E-state index in [0.717, 1.165) is 6.54 Å². The van der Waals surface area contributed by atoms with Gasteiger partial charge in [-0.3, -0.25) is 0 Å². The fraction of sp³-hybridized carbons (Fsp3) is 0.600. The Morgan fingerprint density at radius 1 is 1.42 bits per heavy atom. The fourth-order valence-electron chi connectivity index (χ4n) is 2.30. The van der Waals surface area contributed by atoms with Crippen LogP contribution in [0.4, 0.5) is 0 Å². The third kappa shape index (κ3) is 1.07. The van der Waals surface area contributed by atoms with Crippen LogP contribution >= 0.6 is 0 Å². The highest BCUT2D eigenvalue weighted by Gasteiger charge is 2.34. The summed E-state index contributed by atoms with van der Waals surface area (Å²) in [4.78, 5) is 3.29. The van der Waals surface area contributed by atoms with Gasteiger partial charge in [0.1, 0.15) is 0 Å². The van der Waals surface area contributed by atoms with Crippen LogP contribution in [0.5, 0.6) is 0 Å². The molecular weight excluding hydrogens is 148 g/mol. The van der Waals surface area contributed by atoms with Crippen molar-refractivity contribution in [3.63, 3.8) is 0 Å². The molecule has 0 amide bonds. The lowest BCUT2D eigenvalue weighted by molar-refractivity contribution is 0.442. The van der Waals surface area contributed by atoms with Gasteiger partial charge >= 0.3 is 0 Å².